The zero-order chi connectivity index (χ0) is 29.4. The SMILES string of the molecule is COc1ccc(S(=O)(=O)N(Cc2ccc(C(=O)N/N=C/c3ccc(-n4ccnc4)cc3)cc2)Cc2cccnc2)cc1. The molecule has 0 saturated heterocycles. The predicted octanol–water partition coefficient (Wildman–Crippen LogP) is 4.43. The lowest BCUT2D eigenvalue weighted by Crippen LogP contribution is -2.30. The summed E-state index contributed by atoms with van der Waals surface area (Å²) in [6.45, 7) is 0.223. The number of carbonyl (C=O) groups is 1. The van der Waals surface area contributed by atoms with Crippen LogP contribution in [0.2, 0.25) is 0 Å². The number of methoxy groups -OCH3 is 1. The van der Waals surface area contributed by atoms with Crippen molar-refractivity contribution in [1.29, 1.82) is 0 Å². The Hall–Kier alpha value is -5.13. The summed E-state index contributed by atoms with van der Waals surface area (Å²) < 4.78 is 35.7. The van der Waals surface area contributed by atoms with Crippen molar-refractivity contribution in [3.05, 3.63) is 138 Å². The molecule has 2 heterocycles. The van der Waals surface area contributed by atoms with Crippen LogP contribution in [0.3, 0.4) is 0 Å². The van der Waals surface area contributed by atoms with Gasteiger partial charge < -0.3 is 9.30 Å². The van der Waals surface area contributed by atoms with Crippen LogP contribution >= 0.6 is 0 Å². The van der Waals surface area contributed by atoms with Crippen molar-refractivity contribution in [2.24, 2.45) is 5.10 Å². The van der Waals surface area contributed by atoms with Crippen molar-refractivity contribution < 1.29 is 17.9 Å². The number of carbonyl (C=O) groups excluding carboxylic acids is 1. The zero-order valence-corrected chi connectivity index (χ0v) is 23.6. The molecule has 0 aliphatic carbocycles. The van der Waals surface area contributed by atoms with Gasteiger partial charge in [-0.3, -0.25) is 9.78 Å². The fraction of sp³-hybridized carbons (Fsp3) is 0.0968. The molecule has 0 radical (unpaired) electrons. The average molecular weight is 581 g/mol. The summed E-state index contributed by atoms with van der Waals surface area (Å²) >= 11 is 0. The Kier molecular flexibility index (Phi) is 8.81. The molecule has 10 nitrogen and oxygen atoms in total. The normalized spacial score (nSPS) is 11.6. The number of hydrogen-bond acceptors (Lipinski definition) is 7. The highest BCUT2D eigenvalue weighted by Gasteiger charge is 2.25. The summed E-state index contributed by atoms with van der Waals surface area (Å²) in [6, 6.07) is 24.2. The van der Waals surface area contributed by atoms with E-state index in [1.54, 1.807) is 73.6 Å². The molecule has 0 saturated carbocycles. The van der Waals surface area contributed by atoms with Crippen molar-refractivity contribution in [3.8, 4) is 11.4 Å². The van der Waals surface area contributed by atoms with Gasteiger partial charge in [-0.1, -0.05) is 30.3 Å². The maximum absolute atomic E-state index is 13.6. The van der Waals surface area contributed by atoms with E-state index in [0.29, 0.717) is 16.9 Å². The van der Waals surface area contributed by atoms with E-state index < -0.39 is 10.0 Å². The minimum atomic E-state index is -3.86. The number of benzene rings is 3. The van der Waals surface area contributed by atoms with Gasteiger partial charge in [0.15, 0.2) is 0 Å². The van der Waals surface area contributed by atoms with Crippen LogP contribution in [-0.4, -0.2) is 46.5 Å². The van der Waals surface area contributed by atoms with E-state index in [4.69, 9.17) is 4.74 Å². The molecule has 11 heteroatoms. The number of amides is 1. The Morgan fingerprint density at radius 2 is 1.67 bits per heavy atom. The highest BCUT2D eigenvalue weighted by Crippen LogP contribution is 2.23. The minimum Gasteiger partial charge on any atom is -0.497 e. The molecule has 0 aliphatic rings. The number of rotatable bonds is 11. The zero-order valence-electron chi connectivity index (χ0n) is 22.7. The number of imidazole rings is 1. The van der Waals surface area contributed by atoms with E-state index in [2.05, 4.69) is 20.5 Å². The number of sulfonamides is 1. The molecule has 0 fully saturated rings. The number of nitrogens with zero attached hydrogens (tertiary/aromatic N) is 5. The summed E-state index contributed by atoms with van der Waals surface area (Å²) in [4.78, 5) is 21.0. The number of nitrogens with one attached hydrogen (secondary N) is 1. The van der Waals surface area contributed by atoms with Gasteiger partial charge in [0.05, 0.1) is 24.5 Å². The first kappa shape index (κ1) is 28.4. The van der Waals surface area contributed by atoms with Crippen LogP contribution in [0.1, 0.15) is 27.0 Å². The molecule has 2 aromatic heterocycles. The Bertz CT molecular complexity index is 1740. The van der Waals surface area contributed by atoms with Gasteiger partial charge in [0.25, 0.3) is 5.91 Å². The van der Waals surface area contributed by atoms with E-state index >= 15 is 0 Å². The molecule has 42 heavy (non-hydrogen) atoms. The van der Waals surface area contributed by atoms with Crippen LogP contribution in [-0.2, 0) is 23.1 Å². The van der Waals surface area contributed by atoms with Gasteiger partial charge in [0.2, 0.25) is 10.0 Å². The number of aromatic nitrogens is 3. The van der Waals surface area contributed by atoms with E-state index in [9.17, 15) is 13.2 Å². The van der Waals surface area contributed by atoms with Crippen molar-refractivity contribution in [3.63, 3.8) is 0 Å². The second-order valence-electron chi connectivity index (χ2n) is 9.27. The summed E-state index contributed by atoms with van der Waals surface area (Å²) in [6.07, 6.45) is 10.1. The Morgan fingerprint density at radius 3 is 2.31 bits per heavy atom. The standard InChI is InChI=1S/C31H28N6O4S/c1-41-29-12-14-30(15-13-29)42(39,40)37(22-26-3-2-16-32-19-26)21-25-4-8-27(9-5-25)31(38)35-34-20-24-6-10-28(11-7-24)36-18-17-33-23-36/h2-20,23H,21-22H2,1H3,(H,35,38)/b34-20+. The largest absolute Gasteiger partial charge is 0.497 e. The third kappa shape index (κ3) is 6.95. The first-order valence-corrected chi connectivity index (χ1v) is 14.4. The molecule has 5 rings (SSSR count). The molecule has 1 N–H and O–H groups in total. The van der Waals surface area contributed by atoms with E-state index in [0.717, 1.165) is 16.8 Å². The lowest BCUT2D eigenvalue weighted by Gasteiger charge is -2.22. The third-order valence-electron chi connectivity index (χ3n) is 6.43. The van der Waals surface area contributed by atoms with E-state index in [1.807, 2.05) is 41.1 Å². The monoisotopic (exact) mass is 580 g/mol. The Morgan fingerprint density at radius 1 is 0.929 bits per heavy atom. The smallest absolute Gasteiger partial charge is 0.271 e. The number of pyridine rings is 1. The number of hydrogen-bond donors (Lipinski definition) is 1. The molecule has 212 valence electrons. The maximum Gasteiger partial charge on any atom is 0.271 e. The molecule has 5 aromatic rings. The van der Waals surface area contributed by atoms with Gasteiger partial charge >= 0.3 is 0 Å². The molecule has 0 bridgehead atoms. The van der Waals surface area contributed by atoms with Crippen LogP contribution in [0, 0.1) is 0 Å². The quantitative estimate of drug-likeness (QED) is 0.182. The molecule has 3 aromatic carbocycles. The van der Waals surface area contributed by atoms with Gasteiger partial charge in [0.1, 0.15) is 5.75 Å². The molecular formula is C31H28N6O4S. The summed E-state index contributed by atoms with van der Waals surface area (Å²) in [7, 11) is -2.33. The molecule has 0 aliphatic heterocycles. The fourth-order valence-electron chi connectivity index (χ4n) is 4.16. The van der Waals surface area contributed by atoms with Crippen molar-refractivity contribution >= 4 is 22.1 Å². The van der Waals surface area contributed by atoms with Gasteiger partial charge in [-0.05, 0) is 71.3 Å². The fourth-order valence-corrected chi connectivity index (χ4v) is 5.57. The summed E-state index contributed by atoms with van der Waals surface area (Å²) in [5, 5.41) is 4.06. The summed E-state index contributed by atoms with van der Waals surface area (Å²) in [5.74, 6) is 0.181. The molecular weight excluding hydrogens is 552 g/mol. The van der Waals surface area contributed by atoms with Gasteiger partial charge in [-0.2, -0.15) is 9.41 Å². The number of hydrazone groups is 1. The number of ether oxygens (including phenoxy) is 1. The van der Waals surface area contributed by atoms with Crippen LogP contribution in [0.4, 0.5) is 0 Å². The van der Waals surface area contributed by atoms with Crippen molar-refractivity contribution in [2.45, 2.75) is 18.0 Å². The minimum absolute atomic E-state index is 0.0956. The molecule has 1 amide bonds. The lowest BCUT2D eigenvalue weighted by atomic mass is 10.1. The van der Waals surface area contributed by atoms with Gasteiger partial charge in [0, 0.05) is 49.1 Å². The van der Waals surface area contributed by atoms with Crippen LogP contribution in [0.15, 0.2) is 126 Å². The first-order valence-electron chi connectivity index (χ1n) is 13.0. The molecule has 0 spiro atoms. The average Bonchev–Trinajstić information content (AvgIpc) is 3.57. The van der Waals surface area contributed by atoms with Crippen LogP contribution < -0.4 is 10.2 Å². The Labute approximate surface area is 244 Å². The molecule has 0 unspecified atom stereocenters. The van der Waals surface area contributed by atoms with Gasteiger partial charge in [-0.15, -0.1) is 0 Å². The maximum atomic E-state index is 13.6. The van der Waals surface area contributed by atoms with Gasteiger partial charge in [-0.25, -0.2) is 18.8 Å². The van der Waals surface area contributed by atoms with Crippen molar-refractivity contribution in [1.82, 2.24) is 24.3 Å². The molecule has 0 atom stereocenters. The lowest BCUT2D eigenvalue weighted by molar-refractivity contribution is 0.0955. The van der Waals surface area contributed by atoms with Crippen molar-refractivity contribution in [2.75, 3.05) is 7.11 Å². The highest BCUT2D eigenvalue weighted by molar-refractivity contribution is 7.89. The third-order valence-corrected chi connectivity index (χ3v) is 8.24. The van der Waals surface area contributed by atoms with E-state index in [-0.39, 0.29) is 23.9 Å². The van der Waals surface area contributed by atoms with Crippen LogP contribution in [0.5, 0.6) is 5.75 Å². The van der Waals surface area contributed by atoms with Crippen LogP contribution in [0.25, 0.3) is 5.69 Å². The second-order valence-corrected chi connectivity index (χ2v) is 11.2. The first-order chi connectivity index (χ1) is 20.4. The topological polar surface area (TPSA) is 119 Å². The van der Waals surface area contributed by atoms with E-state index in [1.165, 1.54) is 23.5 Å². The summed E-state index contributed by atoms with van der Waals surface area (Å²) in [5.41, 5.74) is 6.17. The predicted molar refractivity (Wildman–Crippen MR) is 159 cm³/mol. The second kappa shape index (κ2) is 13.0. The Balaban J connectivity index is 1.26. The highest BCUT2D eigenvalue weighted by atomic mass is 32.2.